The largest absolute Gasteiger partial charge is 0.419 e. The SMILES string of the molecule is O=C(c1n[nH]c2c1CC(CC(F)(F)F)CN2)N1CCC(c2cc(F)cc(F)c2C(F)(F)F)CC1. The zero-order valence-electron chi connectivity index (χ0n) is 17.6. The minimum atomic E-state index is -5.01. The molecule has 1 aromatic carbocycles. The third-order valence-corrected chi connectivity index (χ3v) is 6.24. The number of benzene rings is 1. The smallest absolute Gasteiger partial charge is 0.370 e. The summed E-state index contributed by atoms with van der Waals surface area (Å²) in [5, 5.41) is 9.35. The van der Waals surface area contributed by atoms with Crippen LogP contribution in [0.15, 0.2) is 12.1 Å². The van der Waals surface area contributed by atoms with Crippen molar-refractivity contribution in [2.45, 2.75) is 44.0 Å². The van der Waals surface area contributed by atoms with E-state index in [1.807, 2.05) is 0 Å². The van der Waals surface area contributed by atoms with E-state index in [4.69, 9.17) is 0 Å². The van der Waals surface area contributed by atoms with Crippen molar-refractivity contribution in [2.24, 2.45) is 5.92 Å². The number of fused-ring (bicyclic) bond motifs is 1. The van der Waals surface area contributed by atoms with Crippen molar-refractivity contribution in [3.05, 3.63) is 46.2 Å². The van der Waals surface area contributed by atoms with Gasteiger partial charge >= 0.3 is 12.4 Å². The first-order chi connectivity index (χ1) is 15.8. The Morgan fingerprint density at radius 1 is 1.09 bits per heavy atom. The van der Waals surface area contributed by atoms with Gasteiger partial charge in [-0.05, 0) is 42.7 Å². The maximum atomic E-state index is 13.9. The lowest BCUT2D eigenvalue weighted by atomic mass is 9.85. The number of anilines is 1. The Morgan fingerprint density at radius 3 is 2.38 bits per heavy atom. The molecule has 0 spiro atoms. The van der Waals surface area contributed by atoms with Gasteiger partial charge in [-0.15, -0.1) is 0 Å². The highest BCUT2D eigenvalue weighted by atomic mass is 19.4. The quantitative estimate of drug-likeness (QED) is 0.570. The van der Waals surface area contributed by atoms with E-state index in [9.17, 15) is 39.9 Å². The molecule has 34 heavy (non-hydrogen) atoms. The Kier molecular flexibility index (Phi) is 6.23. The number of nitrogens with zero attached hydrogens (tertiary/aromatic N) is 2. The van der Waals surface area contributed by atoms with Crippen molar-refractivity contribution in [1.82, 2.24) is 15.1 Å². The van der Waals surface area contributed by atoms with Gasteiger partial charge in [-0.25, -0.2) is 8.78 Å². The van der Waals surface area contributed by atoms with E-state index in [0.717, 1.165) is 0 Å². The first-order valence-electron chi connectivity index (χ1n) is 10.6. The van der Waals surface area contributed by atoms with Crippen LogP contribution in [0.2, 0.25) is 0 Å². The fourth-order valence-corrected chi connectivity index (χ4v) is 4.72. The Hall–Kier alpha value is -2.86. The number of amides is 1. The Bertz CT molecular complexity index is 1070. The molecule has 2 aliphatic heterocycles. The lowest BCUT2D eigenvalue weighted by Crippen LogP contribution is -2.39. The summed E-state index contributed by atoms with van der Waals surface area (Å²) in [7, 11) is 0. The number of hydrogen-bond donors (Lipinski definition) is 2. The summed E-state index contributed by atoms with van der Waals surface area (Å²) in [6.45, 7) is 0.0689. The predicted octanol–water partition coefficient (Wildman–Crippen LogP) is 5.26. The number of halogens is 8. The van der Waals surface area contributed by atoms with Gasteiger partial charge in [0.05, 0.1) is 5.56 Å². The first kappa shape index (κ1) is 24.3. The zero-order valence-corrected chi connectivity index (χ0v) is 17.6. The van der Waals surface area contributed by atoms with Crippen molar-refractivity contribution < 1.29 is 39.9 Å². The molecule has 1 fully saturated rings. The van der Waals surface area contributed by atoms with E-state index in [1.54, 1.807) is 0 Å². The summed E-state index contributed by atoms with van der Waals surface area (Å²) in [4.78, 5) is 14.3. The highest BCUT2D eigenvalue weighted by molar-refractivity contribution is 5.95. The standard InChI is InChI=1S/C21H20F8N4O/c22-12-6-13(16(15(23)7-12)21(27,28)29)11-1-3-33(4-2-11)19(34)17-14-5-10(8-20(24,25)26)9-30-18(14)32-31-17/h6-7,10-11H,1-5,8-9H2,(H2,30,31,32). The van der Waals surface area contributed by atoms with Crippen molar-refractivity contribution in [3.63, 3.8) is 0 Å². The predicted molar refractivity (Wildman–Crippen MR) is 104 cm³/mol. The Balaban J connectivity index is 1.48. The van der Waals surface area contributed by atoms with Gasteiger partial charge in [0.2, 0.25) is 0 Å². The van der Waals surface area contributed by atoms with Gasteiger partial charge in [0.1, 0.15) is 17.5 Å². The number of likely N-dealkylation sites (tertiary alicyclic amines) is 1. The van der Waals surface area contributed by atoms with E-state index in [1.165, 1.54) is 4.90 Å². The maximum Gasteiger partial charge on any atom is 0.419 e. The Labute approximate surface area is 188 Å². The van der Waals surface area contributed by atoms with Crippen molar-refractivity contribution in [1.29, 1.82) is 0 Å². The summed E-state index contributed by atoms with van der Waals surface area (Å²) in [6, 6.07) is 0.858. The fraction of sp³-hybridized carbons (Fsp3) is 0.524. The number of hydrogen-bond acceptors (Lipinski definition) is 3. The second-order valence-corrected chi connectivity index (χ2v) is 8.61. The van der Waals surface area contributed by atoms with Crippen LogP contribution in [0, 0.1) is 17.6 Å². The third kappa shape index (κ3) is 4.97. The molecule has 13 heteroatoms. The molecule has 0 radical (unpaired) electrons. The minimum absolute atomic E-state index is 0.0000287. The van der Waals surface area contributed by atoms with Gasteiger partial charge in [0.25, 0.3) is 5.91 Å². The summed E-state index contributed by atoms with van der Waals surface area (Å²) < 4.78 is 106. The summed E-state index contributed by atoms with van der Waals surface area (Å²) in [5.74, 6) is -4.61. The molecule has 0 bridgehead atoms. The van der Waals surface area contributed by atoms with Gasteiger partial charge in [-0.2, -0.15) is 31.4 Å². The van der Waals surface area contributed by atoms with E-state index in [-0.39, 0.29) is 50.7 Å². The van der Waals surface area contributed by atoms with Gasteiger partial charge < -0.3 is 10.2 Å². The average Bonchev–Trinajstić information content (AvgIpc) is 3.13. The summed E-state index contributed by atoms with van der Waals surface area (Å²) in [6.07, 6.45) is -10.3. The number of nitrogens with one attached hydrogen (secondary N) is 2. The van der Waals surface area contributed by atoms with E-state index in [0.29, 0.717) is 17.4 Å². The number of aromatic amines is 1. The molecule has 2 aromatic rings. The van der Waals surface area contributed by atoms with Crippen LogP contribution in [0.4, 0.5) is 40.9 Å². The molecule has 3 heterocycles. The molecule has 2 N–H and O–H groups in total. The van der Waals surface area contributed by atoms with E-state index < -0.39 is 59.3 Å². The lowest BCUT2D eigenvalue weighted by molar-refractivity contribution is -0.143. The number of aromatic nitrogens is 2. The van der Waals surface area contributed by atoms with Crippen LogP contribution < -0.4 is 5.32 Å². The van der Waals surface area contributed by atoms with Crippen LogP contribution in [0.5, 0.6) is 0 Å². The molecule has 2 aliphatic rings. The maximum absolute atomic E-state index is 13.9. The molecule has 4 rings (SSSR count). The van der Waals surface area contributed by atoms with Crippen LogP contribution in [-0.4, -0.2) is 46.8 Å². The molecular weight excluding hydrogens is 476 g/mol. The van der Waals surface area contributed by atoms with Crippen molar-refractivity contribution >= 4 is 11.7 Å². The fourth-order valence-electron chi connectivity index (χ4n) is 4.72. The van der Waals surface area contributed by atoms with Gasteiger partial charge in [-0.3, -0.25) is 9.89 Å². The molecule has 0 saturated carbocycles. The van der Waals surface area contributed by atoms with E-state index in [2.05, 4.69) is 15.5 Å². The van der Waals surface area contributed by atoms with Crippen molar-refractivity contribution in [2.75, 3.05) is 25.0 Å². The highest BCUT2D eigenvalue weighted by Crippen LogP contribution is 2.41. The lowest BCUT2D eigenvalue weighted by Gasteiger charge is -2.33. The van der Waals surface area contributed by atoms with Crippen LogP contribution >= 0.6 is 0 Å². The molecular formula is C21H20F8N4O. The van der Waals surface area contributed by atoms with Crippen LogP contribution in [-0.2, 0) is 12.6 Å². The second-order valence-electron chi connectivity index (χ2n) is 8.61. The average molecular weight is 496 g/mol. The van der Waals surface area contributed by atoms with Gasteiger partial charge in [-0.1, -0.05) is 0 Å². The highest BCUT2D eigenvalue weighted by Gasteiger charge is 2.41. The third-order valence-electron chi connectivity index (χ3n) is 6.24. The Morgan fingerprint density at radius 2 is 1.76 bits per heavy atom. The van der Waals surface area contributed by atoms with Crippen molar-refractivity contribution in [3.8, 4) is 0 Å². The molecule has 1 atom stereocenters. The monoisotopic (exact) mass is 496 g/mol. The summed E-state index contributed by atoms with van der Waals surface area (Å²) >= 11 is 0. The molecule has 5 nitrogen and oxygen atoms in total. The van der Waals surface area contributed by atoms with Gasteiger partial charge in [0.15, 0.2) is 5.69 Å². The molecule has 0 aliphatic carbocycles. The number of alkyl halides is 6. The normalized spacial score (nSPS) is 19.6. The molecule has 1 saturated heterocycles. The number of carbonyl (C=O) groups excluding carboxylic acids is 1. The van der Waals surface area contributed by atoms with Crippen LogP contribution in [0.3, 0.4) is 0 Å². The number of rotatable bonds is 3. The number of piperidine rings is 1. The number of carbonyl (C=O) groups is 1. The zero-order chi connectivity index (χ0) is 24.8. The minimum Gasteiger partial charge on any atom is -0.370 e. The first-order valence-corrected chi connectivity index (χ1v) is 10.6. The van der Waals surface area contributed by atoms with Crippen LogP contribution in [0.25, 0.3) is 0 Å². The van der Waals surface area contributed by atoms with Gasteiger partial charge in [0, 0.05) is 37.7 Å². The van der Waals surface area contributed by atoms with Crippen LogP contribution in [0.1, 0.15) is 52.4 Å². The molecule has 1 aromatic heterocycles. The molecule has 1 unspecified atom stereocenters. The molecule has 1 amide bonds. The van der Waals surface area contributed by atoms with E-state index >= 15 is 0 Å². The summed E-state index contributed by atoms with van der Waals surface area (Å²) in [5.41, 5.74) is -1.71. The molecule has 186 valence electrons. The second kappa shape index (κ2) is 8.73. The topological polar surface area (TPSA) is 61.0 Å². The number of H-pyrrole nitrogens is 1.